The Morgan fingerprint density at radius 2 is 2.44 bits per heavy atom. The SMILES string of the molecule is CCOCC(C)Nc1cc(C(=O)O)ccn1. The van der Waals surface area contributed by atoms with E-state index in [2.05, 4.69) is 10.3 Å². The predicted molar refractivity (Wildman–Crippen MR) is 60.8 cm³/mol. The molecule has 1 heterocycles. The summed E-state index contributed by atoms with van der Waals surface area (Å²) in [6.45, 7) is 5.10. The summed E-state index contributed by atoms with van der Waals surface area (Å²) in [6.07, 6.45) is 1.47. The fourth-order valence-electron chi connectivity index (χ4n) is 1.23. The van der Waals surface area contributed by atoms with E-state index in [-0.39, 0.29) is 11.6 Å². The molecule has 1 atom stereocenters. The van der Waals surface area contributed by atoms with Crippen LogP contribution in [0.5, 0.6) is 0 Å². The van der Waals surface area contributed by atoms with Crippen LogP contribution in [0, 0.1) is 0 Å². The molecule has 0 saturated heterocycles. The third-order valence-electron chi connectivity index (χ3n) is 1.97. The third kappa shape index (κ3) is 3.86. The largest absolute Gasteiger partial charge is 0.478 e. The predicted octanol–water partition coefficient (Wildman–Crippen LogP) is 1.62. The standard InChI is InChI=1S/C11H16N2O3/c1-3-16-7-8(2)13-10-6-9(11(14)15)4-5-12-10/h4-6,8H,3,7H2,1-2H3,(H,12,13)(H,14,15). The highest BCUT2D eigenvalue weighted by Crippen LogP contribution is 2.08. The van der Waals surface area contributed by atoms with E-state index in [9.17, 15) is 4.79 Å². The van der Waals surface area contributed by atoms with Crippen LogP contribution in [0.15, 0.2) is 18.3 Å². The second kappa shape index (κ2) is 6.07. The van der Waals surface area contributed by atoms with Gasteiger partial charge in [0, 0.05) is 18.8 Å². The van der Waals surface area contributed by atoms with Crippen LogP contribution < -0.4 is 5.32 Å². The molecule has 0 saturated carbocycles. The number of aromatic nitrogens is 1. The molecule has 1 aromatic rings. The van der Waals surface area contributed by atoms with Gasteiger partial charge in [0.2, 0.25) is 0 Å². The minimum atomic E-state index is -0.956. The summed E-state index contributed by atoms with van der Waals surface area (Å²) < 4.78 is 5.24. The van der Waals surface area contributed by atoms with Crippen LogP contribution in [-0.4, -0.2) is 35.3 Å². The molecule has 16 heavy (non-hydrogen) atoms. The molecule has 0 fully saturated rings. The van der Waals surface area contributed by atoms with E-state index in [4.69, 9.17) is 9.84 Å². The quantitative estimate of drug-likeness (QED) is 0.768. The van der Waals surface area contributed by atoms with Crippen molar-refractivity contribution in [3.8, 4) is 0 Å². The number of anilines is 1. The van der Waals surface area contributed by atoms with Gasteiger partial charge < -0.3 is 15.2 Å². The number of aromatic carboxylic acids is 1. The van der Waals surface area contributed by atoms with E-state index in [1.54, 1.807) is 0 Å². The Kier molecular flexibility index (Phi) is 4.72. The van der Waals surface area contributed by atoms with Crippen molar-refractivity contribution in [2.24, 2.45) is 0 Å². The Bertz CT molecular complexity index is 355. The molecule has 0 aliphatic carbocycles. The van der Waals surface area contributed by atoms with Crippen molar-refractivity contribution in [1.29, 1.82) is 0 Å². The van der Waals surface area contributed by atoms with Crippen molar-refractivity contribution in [3.05, 3.63) is 23.9 Å². The van der Waals surface area contributed by atoms with E-state index in [0.717, 1.165) is 0 Å². The number of rotatable bonds is 6. The molecule has 2 N–H and O–H groups in total. The van der Waals surface area contributed by atoms with Crippen molar-refractivity contribution >= 4 is 11.8 Å². The lowest BCUT2D eigenvalue weighted by Crippen LogP contribution is -2.22. The molecular weight excluding hydrogens is 208 g/mol. The van der Waals surface area contributed by atoms with Crippen LogP contribution in [-0.2, 0) is 4.74 Å². The zero-order valence-electron chi connectivity index (χ0n) is 9.43. The maximum atomic E-state index is 10.7. The van der Waals surface area contributed by atoms with E-state index < -0.39 is 5.97 Å². The van der Waals surface area contributed by atoms with Gasteiger partial charge in [0.05, 0.1) is 12.2 Å². The van der Waals surface area contributed by atoms with Crippen LogP contribution in [0.4, 0.5) is 5.82 Å². The van der Waals surface area contributed by atoms with Crippen molar-refractivity contribution in [2.75, 3.05) is 18.5 Å². The average Bonchev–Trinajstić information content (AvgIpc) is 2.26. The summed E-state index contributed by atoms with van der Waals surface area (Å²) in [5.41, 5.74) is 0.223. The Balaban J connectivity index is 2.59. The molecular formula is C11H16N2O3. The van der Waals surface area contributed by atoms with Crippen LogP contribution in [0.1, 0.15) is 24.2 Å². The first kappa shape index (κ1) is 12.4. The lowest BCUT2D eigenvalue weighted by Gasteiger charge is -2.14. The molecule has 5 nitrogen and oxygen atoms in total. The van der Waals surface area contributed by atoms with Crippen LogP contribution >= 0.6 is 0 Å². The number of carboxylic acid groups (broad SMARTS) is 1. The highest BCUT2D eigenvalue weighted by Gasteiger charge is 2.06. The van der Waals surface area contributed by atoms with Crippen LogP contribution in [0.2, 0.25) is 0 Å². The van der Waals surface area contributed by atoms with Gasteiger partial charge in [0.1, 0.15) is 5.82 Å². The Morgan fingerprint density at radius 3 is 3.06 bits per heavy atom. The van der Waals surface area contributed by atoms with Gasteiger partial charge in [0.25, 0.3) is 0 Å². The number of nitrogens with one attached hydrogen (secondary N) is 1. The van der Waals surface area contributed by atoms with Gasteiger partial charge in [-0.2, -0.15) is 0 Å². The molecule has 0 spiro atoms. The lowest BCUT2D eigenvalue weighted by molar-refractivity contribution is 0.0697. The highest BCUT2D eigenvalue weighted by molar-refractivity contribution is 5.88. The maximum Gasteiger partial charge on any atom is 0.335 e. The lowest BCUT2D eigenvalue weighted by atomic mass is 10.2. The highest BCUT2D eigenvalue weighted by atomic mass is 16.5. The normalized spacial score (nSPS) is 12.1. The minimum Gasteiger partial charge on any atom is -0.478 e. The van der Waals surface area contributed by atoms with Gasteiger partial charge in [-0.15, -0.1) is 0 Å². The van der Waals surface area contributed by atoms with E-state index in [0.29, 0.717) is 19.0 Å². The Morgan fingerprint density at radius 1 is 1.69 bits per heavy atom. The molecule has 88 valence electrons. The second-order valence-electron chi connectivity index (χ2n) is 3.44. The number of carboxylic acids is 1. The van der Waals surface area contributed by atoms with E-state index in [1.807, 2.05) is 13.8 Å². The first-order valence-electron chi connectivity index (χ1n) is 5.17. The first-order valence-corrected chi connectivity index (χ1v) is 5.17. The van der Waals surface area contributed by atoms with Crippen LogP contribution in [0.25, 0.3) is 0 Å². The first-order chi connectivity index (χ1) is 7.63. The summed E-state index contributed by atoms with van der Waals surface area (Å²) in [5, 5.41) is 11.9. The summed E-state index contributed by atoms with van der Waals surface area (Å²) in [6, 6.07) is 3.06. The smallest absolute Gasteiger partial charge is 0.335 e. The zero-order chi connectivity index (χ0) is 12.0. The van der Waals surface area contributed by atoms with Crippen molar-refractivity contribution in [3.63, 3.8) is 0 Å². The van der Waals surface area contributed by atoms with Gasteiger partial charge in [-0.1, -0.05) is 0 Å². The Labute approximate surface area is 94.5 Å². The molecule has 1 unspecified atom stereocenters. The van der Waals surface area contributed by atoms with Gasteiger partial charge in [-0.25, -0.2) is 9.78 Å². The molecule has 0 aliphatic heterocycles. The van der Waals surface area contributed by atoms with E-state index >= 15 is 0 Å². The summed E-state index contributed by atoms with van der Waals surface area (Å²) in [4.78, 5) is 14.8. The molecule has 1 aromatic heterocycles. The number of nitrogens with zero attached hydrogens (tertiary/aromatic N) is 1. The van der Waals surface area contributed by atoms with Crippen molar-refractivity contribution in [2.45, 2.75) is 19.9 Å². The van der Waals surface area contributed by atoms with Gasteiger partial charge in [-0.05, 0) is 26.0 Å². The molecule has 0 amide bonds. The number of pyridine rings is 1. The summed E-state index contributed by atoms with van der Waals surface area (Å²) in [7, 11) is 0. The summed E-state index contributed by atoms with van der Waals surface area (Å²) in [5.74, 6) is -0.407. The number of hydrogen-bond acceptors (Lipinski definition) is 4. The molecule has 0 bridgehead atoms. The molecule has 5 heteroatoms. The molecule has 0 radical (unpaired) electrons. The fraction of sp³-hybridized carbons (Fsp3) is 0.455. The van der Waals surface area contributed by atoms with Gasteiger partial charge in [-0.3, -0.25) is 0 Å². The van der Waals surface area contributed by atoms with Gasteiger partial charge in [0.15, 0.2) is 0 Å². The number of carbonyl (C=O) groups is 1. The molecule has 1 rings (SSSR count). The number of ether oxygens (including phenoxy) is 1. The molecule has 0 aliphatic rings. The van der Waals surface area contributed by atoms with Crippen LogP contribution in [0.3, 0.4) is 0 Å². The minimum absolute atomic E-state index is 0.0940. The fourth-order valence-corrected chi connectivity index (χ4v) is 1.23. The van der Waals surface area contributed by atoms with Crippen molar-refractivity contribution in [1.82, 2.24) is 4.98 Å². The zero-order valence-corrected chi connectivity index (χ0v) is 9.43. The maximum absolute atomic E-state index is 10.7. The van der Waals surface area contributed by atoms with E-state index in [1.165, 1.54) is 18.3 Å². The third-order valence-corrected chi connectivity index (χ3v) is 1.97. The monoisotopic (exact) mass is 224 g/mol. The van der Waals surface area contributed by atoms with Crippen molar-refractivity contribution < 1.29 is 14.6 Å². The summed E-state index contributed by atoms with van der Waals surface area (Å²) >= 11 is 0. The van der Waals surface area contributed by atoms with Gasteiger partial charge >= 0.3 is 5.97 Å². The molecule has 0 aromatic carbocycles. The topological polar surface area (TPSA) is 71.5 Å². The Hall–Kier alpha value is -1.62. The second-order valence-corrected chi connectivity index (χ2v) is 3.44. The number of hydrogen-bond donors (Lipinski definition) is 2. The average molecular weight is 224 g/mol.